The number of benzene rings is 1. The van der Waals surface area contributed by atoms with Gasteiger partial charge in [-0.25, -0.2) is 9.97 Å². The Morgan fingerprint density at radius 2 is 2.21 bits per heavy atom. The normalized spacial score (nSPS) is 10.8. The fraction of sp³-hybridized carbons (Fsp3) is 0.154. The smallest absolute Gasteiger partial charge is 0.170 e. The first-order valence-electron chi connectivity index (χ1n) is 5.82. The van der Waals surface area contributed by atoms with Crippen molar-refractivity contribution in [3.8, 4) is 0 Å². The Morgan fingerprint density at radius 1 is 1.32 bits per heavy atom. The first kappa shape index (κ1) is 12.4. The summed E-state index contributed by atoms with van der Waals surface area (Å²) in [7, 11) is 1.90. The molecule has 1 N–H and O–H groups in total. The Kier molecular flexibility index (Phi) is 3.61. The number of rotatable bonds is 4. The van der Waals surface area contributed by atoms with Gasteiger partial charge in [-0.05, 0) is 23.7 Å². The Bertz CT molecular complexity index is 682. The molecule has 6 heteroatoms. The molecule has 0 atom stereocenters. The molecule has 0 aliphatic heterocycles. The van der Waals surface area contributed by atoms with Crippen molar-refractivity contribution in [2.45, 2.75) is 10.1 Å². The van der Waals surface area contributed by atoms with Crippen LogP contribution in [0.5, 0.6) is 0 Å². The summed E-state index contributed by atoms with van der Waals surface area (Å²) in [5.41, 5.74) is 2.19. The maximum atomic E-state index is 4.64. The fourth-order valence-corrected chi connectivity index (χ4v) is 3.27. The summed E-state index contributed by atoms with van der Waals surface area (Å²) in [6, 6.07) is 10.3. The zero-order valence-corrected chi connectivity index (χ0v) is 12.0. The molecule has 0 spiro atoms. The molecule has 19 heavy (non-hydrogen) atoms. The molecule has 96 valence electrons. The largest absolute Gasteiger partial charge is 0.373 e. The number of para-hydroxylation sites is 1. The van der Waals surface area contributed by atoms with E-state index in [0.717, 1.165) is 26.8 Å². The van der Waals surface area contributed by atoms with Crippen molar-refractivity contribution < 1.29 is 0 Å². The molecule has 2 aromatic heterocycles. The standard InChI is InChI=1S/C13H12N4S2/c1-14-12-10(7-18-13-15-8-16-19-13)6-9-4-2-3-5-11(9)17-12/h2-6,8H,7H2,1H3,(H,14,17). The minimum atomic E-state index is 0.837. The van der Waals surface area contributed by atoms with Gasteiger partial charge in [0.1, 0.15) is 12.1 Å². The predicted molar refractivity (Wildman–Crippen MR) is 80.8 cm³/mol. The van der Waals surface area contributed by atoms with Crippen LogP contribution in [-0.2, 0) is 5.75 Å². The number of nitrogens with zero attached hydrogens (tertiary/aromatic N) is 3. The number of thioether (sulfide) groups is 1. The maximum absolute atomic E-state index is 4.64. The van der Waals surface area contributed by atoms with Gasteiger partial charge in [-0.1, -0.05) is 30.0 Å². The van der Waals surface area contributed by atoms with E-state index in [1.54, 1.807) is 18.1 Å². The fourth-order valence-electron chi connectivity index (χ4n) is 1.85. The molecule has 0 saturated heterocycles. The van der Waals surface area contributed by atoms with Crippen molar-refractivity contribution in [2.24, 2.45) is 0 Å². The van der Waals surface area contributed by atoms with Gasteiger partial charge >= 0.3 is 0 Å². The first-order valence-corrected chi connectivity index (χ1v) is 7.58. The quantitative estimate of drug-likeness (QED) is 0.745. The highest BCUT2D eigenvalue weighted by Crippen LogP contribution is 2.28. The lowest BCUT2D eigenvalue weighted by atomic mass is 10.1. The van der Waals surface area contributed by atoms with Gasteiger partial charge in [-0.2, -0.15) is 4.37 Å². The molecule has 1 aromatic carbocycles. The van der Waals surface area contributed by atoms with Crippen LogP contribution in [0.1, 0.15) is 5.56 Å². The van der Waals surface area contributed by atoms with E-state index in [2.05, 4.69) is 31.8 Å². The van der Waals surface area contributed by atoms with Crippen molar-refractivity contribution >= 4 is 40.0 Å². The second-order valence-corrected chi connectivity index (χ2v) is 5.94. The number of anilines is 1. The van der Waals surface area contributed by atoms with Crippen molar-refractivity contribution in [3.05, 3.63) is 42.2 Å². The van der Waals surface area contributed by atoms with Gasteiger partial charge in [0.05, 0.1) is 5.52 Å². The summed E-state index contributed by atoms with van der Waals surface area (Å²) in [5.74, 6) is 1.76. The minimum absolute atomic E-state index is 0.837. The first-order chi connectivity index (χ1) is 9.36. The van der Waals surface area contributed by atoms with Crippen LogP contribution >= 0.6 is 23.3 Å². The van der Waals surface area contributed by atoms with Gasteiger partial charge in [-0.3, -0.25) is 0 Å². The summed E-state index contributed by atoms with van der Waals surface area (Å²) in [5, 5.41) is 4.32. The molecular weight excluding hydrogens is 276 g/mol. The Labute approximate surface area is 119 Å². The van der Waals surface area contributed by atoms with Crippen LogP contribution in [0.4, 0.5) is 5.82 Å². The predicted octanol–water partition coefficient (Wildman–Crippen LogP) is 3.42. The molecule has 2 heterocycles. The lowest BCUT2D eigenvalue weighted by Crippen LogP contribution is -1.98. The average molecular weight is 288 g/mol. The van der Waals surface area contributed by atoms with Gasteiger partial charge < -0.3 is 5.32 Å². The number of aromatic nitrogens is 3. The third kappa shape index (κ3) is 2.69. The lowest BCUT2D eigenvalue weighted by molar-refractivity contribution is 1.21. The number of hydrogen-bond acceptors (Lipinski definition) is 6. The van der Waals surface area contributed by atoms with Crippen LogP contribution in [0.2, 0.25) is 0 Å². The van der Waals surface area contributed by atoms with E-state index in [-0.39, 0.29) is 0 Å². The topological polar surface area (TPSA) is 50.7 Å². The Balaban J connectivity index is 1.92. The number of fused-ring (bicyclic) bond motifs is 1. The summed E-state index contributed by atoms with van der Waals surface area (Å²) >= 11 is 3.10. The van der Waals surface area contributed by atoms with Crippen LogP contribution in [0.3, 0.4) is 0 Å². The molecule has 0 fully saturated rings. The zero-order valence-electron chi connectivity index (χ0n) is 10.3. The van der Waals surface area contributed by atoms with E-state index in [4.69, 9.17) is 0 Å². The molecule has 3 rings (SSSR count). The Hall–Kier alpha value is -1.66. The van der Waals surface area contributed by atoms with Gasteiger partial charge in [0.15, 0.2) is 4.34 Å². The van der Waals surface area contributed by atoms with Crippen molar-refractivity contribution in [1.82, 2.24) is 14.3 Å². The molecule has 0 aliphatic rings. The molecule has 0 radical (unpaired) electrons. The Morgan fingerprint density at radius 3 is 3.00 bits per heavy atom. The van der Waals surface area contributed by atoms with Crippen LogP contribution in [0.25, 0.3) is 10.9 Å². The molecule has 0 bridgehead atoms. The molecular formula is C13H12N4S2. The highest BCUT2D eigenvalue weighted by molar-refractivity contribution is 8.00. The van der Waals surface area contributed by atoms with Gasteiger partial charge in [0.25, 0.3) is 0 Å². The summed E-state index contributed by atoms with van der Waals surface area (Å²) in [6.07, 6.45) is 1.59. The van der Waals surface area contributed by atoms with Crippen molar-refractivity contribution in [2.75, 3.05) is 12.4 Å². The summed E-state index contributed by atoms with van der Waals surface area (Å²) in [6.45, 7) is 0. The number of hydrogen-bond donors (Lipinski definition) is 1. The third-order valence-electron chi connectivity index (χ3n) is 2.73. The molecule has 0 aliphatic carbocycles. The minimum Gasteiger partial charge on any atom is -0.373 e. The van der Waals surface area contributed by atoms with Crippen LogP contribution < -0.4 is 5.32 Å². The van der Waals surface area contributed by atoms with Gasteiger partial charge in [-0.15, -0.1) is 0 Å². The summed E-state index contributed by atoms with van der Waals surface area (Å²) < 4.78 is 4.99. The number of pyridine rings is 1. The molecule has 0 unspecified atom stereocenters. The monoisotopic (exact) mass is 288 g/mol. The van der Waals surface area contributed by atoms with E-state index in [0.29, 0.717) is 0 Å². The van der Waals surface area contributed by atoms with Gasteiger partial charge in [0, 0.05) is 23.8 Å². The SMILES string of the molecule is CNc1nc2ccccc2cc1CSc1ncns1. The molecule has 4 nitrogen and oxygen atoms in total. The molecule has 3 aromatic rings. The van der Waals surface area contributed by atoms with E-state index >= 15 is 0 Å². The van der Waals surface area contributed by atoms with Crippen molar-refractivity contribution in [1.29, 1.82) is 0 Å². The third-order valence-corrected chi connectivity index (χ3v) is 4.58. The van der Waals surface area contributed by atoms with E-state index < -0.39 is 0 Å². The number of nitrogens with one attached hydrogen (secondary N) is 1. The van der Waals surface area contributed by atoms with Crippen LogP contribution in [-0.4, -0.2) is 21.4 Å². The second-order valence-electron chi connectivity index (χ2n) is 3.93. The second kappa shape index (κ2) is 5.54. The maximum Gasteiger partial charge on any atom is 0.170 e. The molecule has 0 saturated carbocycles. The molecule has 0 amide bonds. The van der Waals surface area contributed by atoms with E-state index in [1.807, 2.05) is 25.2 Å². The van der Waals surface area contributed by atoms with Crippen LogP contribution in [0, 0.1) is 0 Å². The van der Waals surface area contributed by atoms with Crippen LogP contribution in [0.15, 0.2) is 41.0 Å². The highest BCUT2D eigenvalue weighted by Gasteiger charge is 2.07. The lowest BCUT2D eigenvalue weighted by Gasteiger charge is -2.09. The average Bonchev–Trinajstić information content (AvgIpc) is 2.97. The highest BCUT2D eigenvalue weighted by atomic mass is 32.2. The summed E-state index contributed by atoms with van der Waals surface area (Å²) in [4.78, 5) is 8.82. The van der Waals surface area contributed by atoms with Crippen molar-refractivity contribution in [3.63, 3.8) is 0 Å². The van der Waals surface area contributed by atoms with E-state index in [1.165, 1.54) is 17.1 Å². The zero-order chi connectivity index (χ0) is 13.1. The van der Waals surface area contributed by atoms with Gasteiger partial charge in [0.2, 0.25) is 0 Å². The van der Waals surface area contributed by atoms with E-state index in [9.17, 15) is 0 Å².